The highest BCUT2D eigenvalue weighted by Crippen LogP contribution is 2.24. The molecule has 0 radical (unpaired) electrons. The number of nitrogens with one attached hydrogen (secondary N) is 1. The second-order valence-corrected chi connectivity index (χ2v) is 5.67. The van der Waals surface area contributed by atoms with Crippen molar-refractivity contribution in [2.24, 2.45) is 5.10 Å². The fourth-order valence-electron chi connectivity index (χ4n) is 2.02. The maximum Gasteiger partial charge on any atom is 0.277 e. The highest BCUT2D eigenvalue weighted by Gasteiger charge is 2.07. The van der Waals surface area contributed by atoms with Crippen molar-refractivity contribution >= 4 is 12.1 Å². The lowest BCUT2D eigenvalue weighted by molar-refractivity contribution is -0.123. The number of rotatable bonds is 6. The fourth-order valence-corrected chi connectivity index (χ4v) is 2.02. The molecule has 0 heterocycles. The Hall–Kier alpha value is -2.62. The van der Waals surface area contributed by atoms with Crippen LogP contribution in [0.25, 0.3) is 0 Å². The number of hydrazone groups is 1. The van der Waals surface area contributed by atoms with Gasteiger partial charge in [0.25, 0.3) is 5.91 Å². The fraction of sp³-hybridized carbons (Fsp3) is 0.263. The number of carbonyl (C=O) groups excluding carboxylic acids is 1. The van der Waals surface area contributed by atoms with Gasteiger partial charge in [-0.1, -0.05) is 56.3 Å². The third-order valence-corrected chi connectivity index (χ3v) is 3.44. The minimum absolute atomic E-state index is 0.0610. The van der Waals surface area contributed by atoms with E-state index in [0.717, 1.165) is 16.9 Å². The van der Waals surface area contributed by atoms with Gasteiger partial charge in [-0.05, 0) is 35.6 Å². The SMILES string of the molecule is Cc1ccc(C(C)C)cc1OCC(=O)N/N=C/c1ccccc1. The molecule has 2 aromatic carbocycles. The van der Waals surface area contributed by atoms with Crippen LogP contribution in [0.4, 0.5) is 0 Å². The van der Waals surface area contributed by atoms with Gasteiger partial charge in [-0.3, -0.25) is 4.79 Å². The van der Waals surface area contributed by atoms with Gasteiger partial charge >= 0.3 is 0 Å². The molecule has 1 N–H and O–H groups in total. The van der Waals surface area contributed by atoms with Gasteiger partial charge in [-0.15, -0.1) is 0 Å². The number of amides is 1. The lowest BCUT2D eigenvalue weighted by Crippen LogP contribution is -2.24. The van der Waals surface area contributed by atoms with Crippen LogP contribution >= 0.6 is 0 Å². The molecule has 0 aromatic heterocycles. The number of benzene rings is 2. The molecule has 2 aromatic rings. The van der Waals surface area contributed by atoms with E-state index in [-0.39, 0.29) is 12.5 Å². The first kappa shape index (κ1) is 16.7. The highest BCUT2D eigenvalue weighted by atomic mass is 16.5. The van der Waals surface area contributed by atoms with Crippen molar-refractivity contribution in [2.45, 2.75) is 26.7 Å². The summed E-state index contributed by atoms with van der Waals surface area (Å²) in [6.45, 7) is 6.15. The molecule has 4 heteroatoms. The molecular formula is C19H22N2O2. The van der Waals surface area contributed by atoms with Gasteiger partial charge in [-0.2, -0.15) is 5.10 Å². The summed E-state index contributed by atoms with van der Waals surface area (Å²) in [5.74, 6) is 0.868. The van der Waals surface area contributed by atoms with Crippen LogP contribution in [0, 0.1) is 6.92 Å². The number of aryl methyl sites for hydroxylation is 1. The Labute approximate surface area is 137 Å². The molecule has 0 aliphatic carbocycles. The van der Waals surface area contributed by atoms with Gasteiger partial charge in [-0.25, -0.2) is 5.43 Å². The molecule has 0 saturated heterocycles. The number of hydrogen-bond acceptors (Lipinski definition) is 3. The third kappa shape index (κ3) is 5.25. The van der Waals surface area contributed by atoms with Crippen molar-refractivity contribution in [3.8, 4) is 5.75 Å². The predicted octanol–water partition coefficient (Wildman–Crippen LogP) is 3.65. The van der Waals surface area contributed by atoms with Crippen LogP contribution in [-0.4, -0.2) is 18.7 Å². The molecule has 2 rings (SSSR count). The van der Waals surface area contributed by atoms with Gasteiger partial charge in [0.1, 0.15) is 5.75 Å². The second-order valence-electron chi connectivity index (χ2n) is 5.67. The summed E-state index contributed by atoms with van der Waals surface area (Å²) >= 11 is 0. The standard InChI is InChI=1S/C19H22N2O2/c1-14(2)17-10-9-15(3)18(11-17)23-13-19(22)21-20-12-16-7-5-4-6-8-16/h4-12,14H,13H2,1-3H3,(H,21,22)/b20-12+. The van der Waals surface area contributed by atoms with Gasteiger partial charge in [0, 0.05) is 0 Å². The molecule has 0 unspecified atom stereocenters. The van der Waals surface area contributed by atoms with Crippen molar-refractivity contribution in [2.75, 3.05) is 6.61 Å². The average Bonchev–Trinajstić information content (AvgIpc) is 2.55. The summed E-state index contributed by atoms with van der Waals surface area (Å²) in [6, 6.07) is 15.7. The topological polar surface area (TPSA) is 50.7 Å². The average molecular weight is 310 g/mol. The Kier molecular flexibility index (Phi) is 5.92. The zero-order chi connectivity index (χ0) is 16.7. The largest absolute Gasteiger partial charge is 0.483 e. The van der Waals surface area contributed by atoms with E-state index in [4.69, 9.17) is 4.74 Å². The van der Waals surface area contributed by atoms with E-state index in [0.29, 0.717) is 5.92 Å². The van der Waals surface area contributed by atoms with Crippen LogP contribution in [0.15, 0.2) is 53.6 Å². The van der Waals surface area contributed by atoms with Gasteiger partial charge in [0.05, 0.1) is 6.21 Å². The molecule has 120 valence electrons. The summed E-state index contributed by atoms with van der Waals surface area (Å²) < 4.78 is 5.61. The molecule has 0 saturated carbocycles. The van der Waals surface area contributed by atoms with Crippen LogP contribution in [0.3, 0.4) is 0 Å². The number of carbonyl (C=O) groups is 1. The first-order chi connectivity index (χ1) is 11.1. The first-order valence-electron chi connectivity index (χ1n) is 7.66. The smallest absolute Gasteiger partial charge is 0.277 e. The summed E-state index contributed by atoms with van der Waals surface area (Å²) in [7, 11) is 0. The predicted molar refractivity (Wildman–Crippen MR) is 92.9 cm³/mol. The summed E-state index contributed by atoms with van der Waals surface area (Å²) in [5, 5.41) is 3.92. The first-order valence-corrected chi connectivity index (χ1v) is 7.66. The Morgan fingerprint density at radius 2 is 1.96 bits per heavy atom. The molecule has 0 spiro atoms. The van der Waals surface area contributed by atoms with Crippen LogP contribution in [0.2, 0.25) is 0 Å². The minimum atomic E-state index is -0.286. The van der Waals surface area contributed by atoms with Crippen molar-refractivity contribution in [3.05, 3.63) is 65.2 Å². The number of nitrogens with zero attached hydrogens (tertiary/aromatic N) is 1. The van der Waals surface area contributed by atoms with Crippen LogP contribution < -0.4 is 10.2 Å². The Morgan fingerprint density at radius 1 is 1.22 bits per heavy atom. The van der Waals surface area contributed by atoms with E-state index in [9.17, 15) is 4.79 Å². The van der Waals surface area contributed by atoms with E-state index in [1.165, 1.54) is 5.56 Å². The van der Waals surface area contributed by atoms with Gasteiger partial charge in [0.15, 0.2) is 6.61 Å². The van der Waals surface area contributed by atoms with Gasteiger partial charge < -0.3 is 4.74 Å². The van der Waals surface area contributed by atoms with Crippen LogP contribution in [0.1, 0.15) is 36.5 Å². The Balaban J connectivity index is 1.87. The monoisotopic (exact) mass is 310 g/mol. The van der Waals surface area contributed by atoms with E-state index in [2.05, 4.69) is 30.4 Å². The molecule has 1 amide bonds. The van der Waals surface area contributed by atoms with E-state index in [1.54, 1.807) is 6.21 Å². The molecule has 0 atom stereocenters. The number of ether oxygens (including phenoxy) is 1. The van der Waals surface area contributed by atoms with Crippen molar-refractivity contribution in [1.29, 1.82) is 0 Å². The van der Waals surface area contributed by atoms with Crippen LogP contribution in [0.5, 0.6) is 5.75 Å². The molecule has 0 fully saturated rings. The zero-order valence-corrected chi connectivity index (χ0v) is 13.7. The molecule has 4 nitrogen and oxygen atoms in total. The lowest BCUT2D eigenvalue weighted by atomic mass is 10.0. The van der Waals surface area contributed by atoms with Gasteiger partial charge in [0.2, 0.25) is 0 Å². The second kappa shape index (κ2) is 8.13. The van der Waals surface area contributed by atoms with E-state index < -0.39 is 0 Å². The molecular weight excluding hydrogens is 288 g/mol. The Morgan fingerprint density at radius 3 is 2.65 bits per heavy atom. The number of hydrogen-bond donors (Lipinski definition) is 1. The minimum Gasteiger partial charge on any atom is -0.483 e. The summed E-state index contributed by atoms with van der Waals surface area (Å²) in [5.41, 5.74) is 5.59. The lowest BCUT2D eigenvalue weighted by Gasteiger charge is -2.12. The van der Waals surface area contributed by atoms with Crippen LogP contribution in [-0.2, 0) is 4.79 Å². The maximum absolute atomic E-state index is 11.8. The van der Waals surface area contributed by atoms with E-state index in [1.807, 2.05) is 49.4 Å². The third-order valence-electron chi connectivity index (χ3n) is 3.44. The zero-order valence-electron chi connectivity index (χ0n) is 13.7. The molecule has 23 heavy (non-hydrogen) atoms. The summed E-state index contributed by atoms with van der Waals surface area (Å²) in [4.78, 5) is 11.8. The maximum atomic E-state index is 11.8. The quantitative estimate of drug-likeness (QED) is 0.654. The Bertz CT molecular complexity index is 679. The van der Waals surface area contributed by atoms with Crippen molar-refractivity contribution in [3.63, 3.8) is 0 Å². The molecule has 0 bridgehead atoms. The molecule has 0 aliphatic rings. The summed E-state index contributed by atoms with van der Waals surface area (Å²) in [6.07, 6.45) is 1.60. The molecule has 0 aliphatic heterocycles. The highest BCUT2D eigenvalue weighted by molar-refractivity contribution is 5.82. The van der Waals surface area contributed by atoms with Crippen molar-refractivity contribution in [1.82, 2.24) is 5.43 Å². The van der Waals surface area contributed by atoms with Crippen molar-refractivity contribution < 1.29 is 9.53 Å². The normalized spacial score (nSPS) is 11.0. The van der Waals surface area contributed by atoms with E-state index >= 15 is 0 Å².